The lowest BCUT2D eigenvalue weighted by Crippen LogP contribution is -2.46. The molecule has 100 valence electrons. The van der Waals surface area contributed by atoms with Gasteiger partial charge in [-0.15, -0.1) is 0 Å². The van der Waals surface area contributed by atoms with Crippen LogP contribution in [0, 0.1) is 0 Å². The van der Waals surface area contributed by atoms with E-state index in [4.69, 9.17) is 0 Å². The molecule has 0 aliphatic carbocycles. The Labute approximate surface area is 106 Å². The number of amides is 1. The van der Waals surface area contributed by atoms with Crippen molar-refractivity contribution in [2.45, 2.75) is 71.4 Å². The molecule has 0 aromatic heterocycles. The van der Waals surface area contributed by atoms with E-state index in [-0.39, 0.29) is 5.91 Å². The van der Waals surface area contributed by atoms with Crippen LogP contribution < -0.4 is 5.32 Å². The molecule has 0 bridgehead atoms. The average Bonchev–Trinajstić information content (AvgIpc) is 2.30. The Bertz CT molecular complexity index is 222. The Morgan fingerprint density at radius 1 is 1.35 bits per heavy atom. The van der Waals surface area contributed by atoms with Crippen LogP contribution in [-0.2, 0) is 4.79 Å². The lowest BCUT2D eigenvalue weighted by molar-refractivity contribution is -0.129. The van der Waals surface area contributed by atoms with Crippen LogP contribution in [-0.4, -0.2) is 36.0 Å². The molecule has 1 fully saturated rings. The van der Waals surface area contributed by atoms with Crippen molar-refractivity contribution in [3.05, 3.63) is 0 Å². The molecule has 1 amide bonds. The van der Waals surface area contributed by atoms with E-state index < -0.39 is 0 Å². The summed E-state index contributed by atoms with van der Waals surface area (Å²) in [5.41, 5.74) is 0. The largest absolute Gasteiger partial charge is 0.343 e. The fourth-order valence-electron chi connectivity index (χ4n) is 2.55. The molecule has 1 saturated heterocycles. The van der Waals surface area contributed by atoms with Gasteiger partial charge in [-0.2, -0.15) is 0 Å². The van der Waals surface area contributed by atoms with Crippen molar-refractivity contribution < 1.29 is 4.79 Å². The SMILES string of the molecule is CCCCCC(C)NC1CCN(C(C)=O)CC1. The first-order valence-electron chi connectivity index (χ1n) is 7.15. The number of nitrogens with zero attached hydrogens (tertiary/aromatic N) is 1. The van der Waals surface area contributed by atoms with Crippen LogP contribution in [0.1, 0.15) is 59.3 Å². The molecule has 0 aromatic rings. The summed E-state index contributed by atoms with van der Waals surface area (Å²) in [7, 11) is 0. The summed E-state index contributed by atoms with van der Waals surface area (Å²) in [4.78, 5) is 13.2. The zero-order valence-electron chi connectivity index (χ0n) is 11.7. The maximum absolute atomic E-state index is 11.2. The van der Waals surface area contributed by atoms with Gasteiger partial charge in [0, 0.05) is 32.1 Å². The van der Waals surface area contributed by atoms with Gasteiger partial charge < -0.3 is 10.2 Å². The van der Waals surface area contributed by atoms with E-state index in [9.17, 15) is 4.79 Å². The van der Waals surface area contributed by atoms with Crippen LogP contribution >= 0.6 is 0 Å². The molecule has 0 radical (unpaired) electrons. The monoisotopic (exact) mass is 240 g/mol. The van der Waals surface area contributed by atoms with Crippen molar-refractivity contribution in [1.82, 2.24) is 10.2 Å². The maximum Gasteiger partial charge on any atom is 0.219 e. The predicted octanol–water partition coefficient (Wildman–Crippen LogP) is 2.56. The smallest absolute Gasteiger partial charge is 0.219 e. The van der Waals surface area contributed by atoms with Gasteiger partial charge in [0.15, 0.2) is 0 Å². The van der Waals surface area contributed by atoms with Crippen LogP contribution in [0.15, 0.2) is 0 Å². The first kappa shape index (κ1) is 14.5. The van der Waals surface area contributed by atoms with Gasteiger partial charge in [-0.1, -0.05) is 26.2 Å². The molecule has 0 spiro atoms. The van der Waals surface area contributed by atoms with E-state index in [0.717, 1.165) is 25.9 Å². The van der Waals surface area contributed by atoms with Gasteiger partial charge in [0.1, 0.15) is 0 Å². The molecule has 0 saturated carbocycles. The summed E-state index contributed by atoms with van der Waals surface area (Å²) in [6, 6.07) is 1.23. The molecule has 3 heteroatoms. The fraction of sp³-hybridized carbons (Fsp3) is 0.929. The van der Waals surface area contributed by atoms with Crippen molar-refractivity contribution in [3.8, 4) is 0 Å². The number of carbonyl (C=O) groups excluding carboxylic acids is 1. The van der Waals surface area contributed by atoms with Crippen molar-refractivity contribution >= 4 is 5.91 Å². The summed E-state index contributed by atoms with van der Waals surface area (Å²) in [6.07, 6.45) is 7.46. The molecular formula is C14H28N2O. The minimum atomic E-state index is 0.222. The van der Waals surface area contributed by atoms with Crippen LogP contribution in [0.4, 0.5) is 0 Å². The summed E-state index contributed by atoms with van der Waals surface area (Å²) in [5, 5.41) is 3.70. The Morgan fingerprint density at radius 3 is 2.53 bits per heavy atom. The van der Waals surface area contributed by atoms with E-state index in [2.05, 4.69) is 19.2 Å². The van der Waals surface area contributed by atoms with Crippen molar-refractivity contribution in [2.75, 3.05) is 13.1 Å². The average molecular weight is 240 g/mol. The van der Waals surface area contributed by atoms with Gasteiger partial charge in [-0.25, -0.2) is 0 Å². The fourth-order valence-corrected chi connectivity index (χ4v) is 2.55. The van der Waals surface area contributed by atoms with Gasteiger partial charge in [0.25, 0.3) is 0 Å². The molecule has 1 aliphatic heterocycles. The molecule has 17 heavy (non-hydrogen) atoms. The first-order valence-corrected chi connectivity index (χ1v) is 7.15. The van der Waals surface area contributed by atoms with Crippen LogP contribution in [0.25, 0.3) is 0 Å². The molecule has 1 heterocycles. The second kappa shape index (κ2) is 7.70. The summed E-state index contributed by atoms with van der Waals surface area (Å²) >= 11 is 0. The molecule has 1 N–H and O–H groups in total. The van der Waals surface area contributed by atoms with Crippen LogP contribution in [0.3, 0.4) is 0 Å². The Hall–Kier alpha value is -0.570. The molecule has 1 rings (SSSR count). The third kappa shape index (κ3) is 5.53. The van der Waals surface area contributed by atoms with Gasteiger partial charge in [0.05, 0.1) is 0 Å². The van der Waals surface area contributed by atoms with E-state index in [1.54, 1.807) is 6.92 Å². The number of unbranched alkanes of at least 4 members (excludes halogenated alkanes) is 2. The highest BCUT2D eigenvalue weighted by Crippen LogP contribution is 2.12. The highest BCUT2D eigenvalue weighted by Gasteiger charge is 2.21. The normalized spacial score (nSPS) is 19.4. The zero-order valence-corrected chi connectivity index (χ0v) is 11.7. The quantitative estimate of drug-likeness (QED) is 0.724. The van der Waals surface area contributed by atoms with E-state index in [1.807, 2.05) is 4.90 Å². The number of hydrogen-bond donors (Lipinski definition) is 1. The minimum Gasteiger partial charge on any atom is -0.343 e. The second-order valence-electron chi connectivity index (χ2n) is 5.34. The predicted molar refractivity (Wildman–Crippen MR) is 72.0 cm³/mol. The Kier molecular flexibility index (Phi) is 6.56. The summed E-state index contributed by atoms with van der Waals surface area (Å²) < 4.78 is 0. The van der Waals surface area contributed by atoms with E-state index in [1.165, 1.54) is 25.7 Å². The van der Waals surface area contributed by atoms with Gasteiger partial charge in [0.2, 0.25) is 5.91 Å². The van der Waals surface area contributed by atoms with Gasteiger partial charge in [-0.05, 0) is 26.2 Å². The van der Waals surface area contributed by atoms with Crippen LogP contribution in [0.5, 0.6) is 0 Å². The van der Waals surface area contributed by atoms with E-state index >= 15 is 0 Å². The number of carbonyl (C=O) groups is 1. The summed E-state index contributed by atoms with van der Waals surface area (Å²) in [5.74, 6) is 0.222. The van der Waals surface area contributed by atoms with Crippen molar-refractivity contribution in [1.29, 1.82) is 0 Å². The molecular weight excluding hydrogens is 212 g/mol. The third-order valence-electron chi connectivity index (χ3n) is 3.70. The molecule has 0 aromatic carbocycles. The Balaban J connectivity index is 2.14. The van der Waals surface area contributed by atoms with Crippen molar-refractivity contribution in [3.63, 3.8) is 0 Å². The number of rotatable bonds is 6. The molecule has 1 aliphatic rings. The maximum atomic E-state index is 11.2. The number of nitrogens with one attached hydrogen (secondary N) is 1. The lowest BCUT2D eigenvalue weighted by Gasteiger charge is -2.33. The first-order chi connectivity index (χ1) is 8.13. The van der Waals surface area contributed by atoms with E-state index in [0.29, 0.717) is 12.1 Å². The Morgan fingerprint density at radius 2 is 2.00 bits per heavy atom. The number of piperidine rings is 1. The topological polar surface area (TPSA) is 32.3 Å². The number of hydrogen-bond acceptors (Lipinski definition) is 2. The third-order valence-corrected chi connectivity index (χ3v) is 3.70. The summed E-state index contributed by atoms with van der Waals surface area (Å²) in [6.45, 7) is 8.05. The molecule has 1 unspecified atom stereocenters. The minimum absolute atomic E-state index is 0.222. The van der Waals surface area contributed by atoms with Crippen molar-refractivity contribution in [2.24, 2.45) is 0 Å². The highest BCUT2D eigenvalue weighted by molar-refractivity contribution is 5.73. The molecule has 3 nitrogen and oxygen atoms in total. The van der Waals surface area contributed by atoms with Crippen LogP contribution in [0.2, 0.25) is 0 Å². The standard InChI is InChI=1S/C14H28N2O/c1-4-5-6-7-12(2)15-14-8-10-16(11-9-14)13(3)17/h12,14-15H,4-11H2,1-3H3. The number of likely N-dealkylation sites (tertiary alicyclic amines) is 1. The lowest BCUT2D eigenvalue weighted by atomic mass is 10.0. The van der Waals surface area contributed by atoms with Gasteiger partial charge >= 0.3 is 0 Å². The molecule has 1 atom stereocenters. The highest BCUT2D eigenvalue weighted by atomic mass is 16.2. The van der Waals surface area contributed by atoms with Gasteiger partial charge in [-0.3, -0.25) is 4.79 Å². The second-order valence-corrected chi connectivity index (χ2v) is 5.34. The zero-order chi connectivity index (χ0) is 12.7.